The maximum absolute atomic E-state index is 12.9. The molecule has 0 bridgehead atoms. The first-order valence-corrected chi connectivity index (χ1v) is 16.7. The molecule has 46 heavy (non-hydrogen) atoms. The van der Waals surface area contributed by atoms with Crippen LogP contribution < -0.4 is 5.32 Å². The molecular formula is C38H44N6O2. The Kier molecular flexibility index (Phi) is 7.93. The van der Waals surface area contributed by atoms with Gasteiger partial charge in [0, 0.05) is 23.4 Å². The Balaban J connectivity index is 1.13. The molecule has 2 aliphatic rings. The largest absolute Gasteiger partial charge is 0.444 e. The van der Waals surface area contributed by atoms with Gasteiger partial charge in [-0.15, -0.1) is 0 Å². The molecule has 2 fully saturated rings. The number of carbonyl (C=O) groups excluding carboxylic acids is 1. The lowest BCUT2D eigenvalue weighted by Gasteiger charge is -2.27. The van der Waals surface area contributed by atoms with Crippen LogP contribution in [-0.4, -0.2) is 49.6 Å². The Hall–Kier alpha value is -4.43. The summed E-state index contributed by atoms with van der Waals surface area (Å²) in [5.74, 6) is 1.86. The van der Waals surface area contributed by atoms with Gasteiger partial charge in [0.15, 0.2) is 0 Å². The number of nitrogens with zero attached hydrogens (tertiary/aromatic N) is 3. The molecule has 7 rings (SSSR count). The maximum Gasteiger partial charge on any atom is 0.410 e. The molecule has 2 atom stereocenters. The van der Waals surface area contributed by atoms with E-state index in [-0.39, 0.29) is 12.1 Å². The van der Waals surface area contributed by atoms with Crippen molar-refractivity contribution in [2.24, 2.45) is 0 Å². The molecular weight excluding hydrogens is 572 g/mol. The molecule has 3 aromatic carbocycles. The minimum Gasteiger partial charge on any atom is -0.444 e. The fourth-order valence-corrected chi connectivity index (χ4v) is 6.96. The van der Waals surface area contributed by atoms with Gasteiger partial charge in [-0.1, -0.05) is 49.4 Å². The molecule has 8 heteroatoms. The number of amides is 1. The van der Waals surface area contributed by atoms with Crippen molar-refractivity contribution >= 4 is 16.9 Å². The maximum atomic E-state index is 12.9. The van der Waals surface area contributed by atoms with Gasteiger partial charge < -0.3 is 20.0 Å². The number of ether oxygens (including phenoxy) is 1. The van der Waals surface area contributed by atoms with Gasteiger partial charge in [-0.05, 0) is 106 Å². The summed E-state index contributed by atoms with van der Waals surface area (Å²) in [4.78, 5) is 31.6. The first kappa shape index (κ1) is 30.2. The van der Waals surface area contributed by atoms with Gasteiger partial charge in [0.2, 0.25) is 0 Å². The zero-order valence-corrected chi connectivity index (χ0v) is 27.5. The molecule has 0 unspecified atom stereocenters. The number of benzene rings is 3. The first-order valence-electron chi connectivity index (χ1n) is 16.7. The molecule has 4 heterocycles. The minimum absolute atomic E-state index is 0.107. The molecule has 8 nitrogen and oxygen atoms in total. The molecule has 2 aliphatic heterocycles. The summed E-state index contributed by atoms with van der Waals surface area (Å²) in [6.45, 7) is 11.7. The van der Waals surface area contributed by atoms with Gasteiger partial charge in [-0.3, -0.25) is 4.90 Å². The Morgan fingerprint density at radius 3 is 2.41 bits per heavy atom. The summed E-state index contributed by atoms with van der Waals surface area (Å²) in [5, 5.41) is 5.93. The summed E-state index contributed by atoms with van der Waals surface area (Å²) in [5.41, 5.74) is 8.39. The van der Waals surface area contributed by atoms with Crippen molar-refractivity contribution in [2.75, 3.05) is 13.1 Å². The highest BCUT2D eigenvalue weighted by Gasteiger charge is 2.35. The fraction of sp³-hybridized carbons (Fsp3) is 0.395. The van der Waals surface area contributed by atoms with Gasteiger partial charge in [-0.25, -0.2) is 14.8 Å². The van der Waals surface area contributed by atoms with E-state index in [9.17, 15) is 4.79 Å². The van der Waals surface area contributed by atoms with Crippen LogP contribution in [0.2, 0.25) is 0 Å². The van der Waals surface area contributed by atoms with Gasteiger partial charge in [0.25, 0.3) is 0 Å². The molecule has 2 saturated heterocycles. The van der Waals surface area contributed by atoms with E-state index in [0.29, 0.717) is 12.6 Å². The van der Waals surface area contributed by atoms with Crippen molar-refractivity contribution in [1.29, 1.82) is 0 Å². The fourth-order valence-electron chi connectivity index (χ4n) is 6.96. The SMILES string of the molecule is CCc1cc(-c2ccc3cc(-c4cnc([C@@H]5CCCN5)[nH]4)ccc3c2)ccc1-c1nc([C@@H]2CCCN2C(=O)OC(C)(C)C)[nH]c1C. The predicted octanol–water partition coefficient (Wildman–Crippen LogP) is 8.65. The van der Waals surface area contributed by atoms with Crippen molar-refractivity contribution < 1.29 is 9.53 Å². The van der Waals surface area contributed by atoms with E-state index < -0.39 is 5.60 Å². The number of imidazole rings is 2. The second kappa shape index (κ2) is 12.1. The molecule has 238 valence electrons. The lowest BCUT2D eigenvalue weighted by molar-refractivity contribution is 0.0218. The molecule has 0 saturated carbocycles. The number of hydrogen-bond donors (Lipinski definition) is 3. The van der Waals surface area contributed by atoms with Crippen molar-refractivity contribution in [1.82, 2.24) is 30.2 Å². The van der Waals surface area contributed by atoms with E-state index in [1.54, 1.807) is 0 Å². The number of carbonyl (C=O) groups is 1. The number of H-pyrrole nitrogens is 2. The number of aryl methyl sites for hydroxylation is 2. The number of nitrogens with one attached hydrogen (secondary N) is 3. The van der Waals surface area contributed by atoms with Crippen molar-refractivity contribution in [2.45, 2.75) is 84.4 Å². The average molecular weight is 617 g/mol. The van der Waals surface area contributed by atoms with E-state index in [0.717, 1.165) is 72.1 Å². The zero-order valence-electron chi connectivity index (χ0n) is 27.5. The van der Waals surface area contributed by atoms with Crippen molar-refractivity contribution in [3.8, 4) is 33.6 Å². The second-order valence-corrected chi connectivity index (χ2v) is 13.8. The summed E-state index contributed by atoms with van der Waals surface area (Å²) < 4.78 is 5.70. The molecule has 0 radical (unpaired) electrons. The Labute approximate surface area is 271 Å². The van der Waals surface area contributed by atoms with E-state index in [1.165, 1.54) is 33.9 Å². The third-order valence-corrected chi connectivity index (χ3v) is 9.31. The van der Waals surface area contributed by atoms with E-state index >= 15 is 0 Å². The number of rotatable bonds is 6. The van der Waals surface area contributed by atoms with Crippen molar-refractivity contribution in [3.63, 3.8) is 0 Å². The number of aromatic nitrogens is 4. The van der Waals surface area contributed by atoms with Crippen LogP contribution in [0.15, 0.2) is 60.8 Å². The van der Waals surface area contributed by atoms with Crippen LogP contribution >= 0.6 is 0 Å². The summed E-state index contributed by atoms with van der Waals surface area (Å²) in [7, 11) is 0. The highest BCUT2D eigenvalue weighted by molar-refractivity contribution is 5.90. The lowest BCUT2D eigenvalue weighted by Crippen LogP contribution is -2.36. The second-order valence-electron chi connectivity index (χ2n) is 13.8. The number of hydrogen-bond acceptors (Lipinski definition) is 5. The van der Waals surface area contributed by atoms with E-state index in [1.807, 2.05) is 31.9 Å². The summed E-state index contributed by atoms with van der Waals surface area (Å²) in [6.07, 6.45) is 6.69. The van der Waals surface area contributed by atoms with Crippen LogP contribution in [-0.2, 0) is 11.2 Å². The lowest BCUT2D eigenvalue weighted by atomic mass is 9.94. The quantitative estimate of drug-likeness (QED) is 0.177. The monoisotopic (exact) mass is 616 g/mol. The molecule has 0 spiro atoms. The van der Waals surface area contributed by atoms with E-state index in [4.69, 9.17) is 9.72 Å². The Morgan fingerprint density at radius 2 is 1.67 bits per heavy atom. The third kappa shape index (κ3) is 5.94. The molecule has 1 amide bonds. The normalized spacial score (nSPS) is 18.5. The molecule has 5 aromatic rings. The van der Waals surface area contributed by atoms with Gasteiger partial charge in [-0.2, -0.15) is 0 Å². The predicted molar refractivity (Wildman–Crippen MR) is 184 cm³/mol. The Morgan fingerprint density at radius 1 is 0.935 bits per heavy atom. The third-order valence-electron chi connectivity index (χ3n) is 9.31. The summed E-state index contributed by atoms with van der Waals surface area (Å²) in [6, 6.07) is 20.2. The first-order chi connectivity index (χ1) is 22.2. The topological polar surface area (TPSA) is 98.9 Å². The number of fused-ring (bicyclic) bond motifs is 1. The highest BCUT2D eigenvalue weighted by Crippen LogP contribution is 2.36. The smallest absolute Gasteiger partial charge is 0.410 e. The minimum atomic E-state index is -0.531. The zero-order chi connectivity index (χ0) is 32.0. The highest BCUT2D eigenvalue weighted by atomic mass is 16.6. The van der Waals surface area contributed by atoms with Crippen LogP contribution in [0, 0.1) is 6.92 Å². The molecule has 0 aliphatic carbocycles. The standard InChI is InChI=1S/C38H44N6O2/c1-6-24-19-28(15-16-30(24)34-23(2)41-36(43-34)33-10-8-18-44(33)37(45)46-38(3,4)5)25-11-12-27-21-29(14-13-26(27)20-25)32-22-40-35(42-32)31-9-7-17-39-31/h11-16,19-22,31,33,39H,6-10,17-18H2,1-5H3,(H,40,42)(H,41,43)/t31-,33-/m0/s1. The summed E-state index contributed by atoms with van der Waals surface area (Å²) >= 11 is 0. The molecule has 3 N–H and O–H groups in total. The van der Waals surface area contributed by atoms with Gasteiger partial charge in [0.05, 0.1) is 29.7 Å². The average Bonchev–Trinajstić information content (AvgIpc) is 3.86. The van der Waals surface area contributed by atoms with Crippen LogP contribution in [0.25, 0.3) is 44.4 Å². The van der Waals surface area contributed by atoms with E-state index in [2.05, 4.69) is 88.7 Å². The van der Waals surface area contributed by atoms with Crippen LogP contribution in [0.5, 0.6) is 0 Å². The van der Waals surface area contributed by atoms with Crippen LogP contribution in [0.4, 0.5) is 4.79 Å². The van der Waals surface area contributed by atoms with Crippen LogP contribution in [0.1, 0.15) is 88.4 Å². The number of aromatic amines is 2. The van der Waals surface area contributed by atoms with Crippen molar-refractivity contribution in [3.05, 3.63) is 83.7 Å². The Bertz CT molecular complexity index is 1890. The van der Waals surface area contributed by atoms with Crippen LogP contribution in [0.3, 0.4) is 0 Å². The van der Waals surface area contributed by atoms with Gasteiger partial charge in [0.1, 0.15) is 17.2 Å². The molecule has 2 aromatic heterocycles. The number of likely N-dealkylation sites (tertiary alicyclic amines) is 1. The van der Waals surface area contributed by atoms with Gasteiger partial charge >= 0.3 is 6.09 Å².